The summed E-state index contributed by atoms with van der Waals surface area (Å²) in [6.45, 7) is 0.338. The summed E-state index contributed by atoms with van der Waals surface area (Å²) in [6.07, 6.45) is 1.01. The lowest BCUT2D eigenvalue weighted by Crippen LogP contribution is -2.25. The molecule has 1 unspecified atom stereocenters. The molecule has 0 saturated heterocycles. The van der Waals surface area contributed by atoms with Gasteiger partial charge in [0.05, 0.1) is 18.1 Å². The van der Waals surface area contributed by atoms with Crippen molar-refractivity contribution in [2.75, 3.05) is 20.3 Å². The van der Waals surface area contributed by atoms with Crippen molar-refractivity contribution in [3.63, 3.8) is 0 Å². The van der Waals surface area contributed by atoms with Gasteiger partial charge in [0.1, 0.15) is 5.75 Å². The number of methoxy groups -OCH3 is 1. The molecule has 26 heavy (non-hydrogen) atoms. The van der Waals surface area contributed by atoms with E-state index >= 15 is 0 Å². The summed E-state index contributed by atoms with van der Waals surface area (Å²) in [4.78, 5) is 0.195. The Morgan fingerprint density at radius 2 is 1.73 bits per heavy atom. The maximum absolute atomic E-state index is 12.3. The minimum Gasteiger partial charge on any atom is -0.497 e. The fourth-order valence-corrected chi connectivity index (χ4v) is 3.56. The average Bonchev–Trinajstić information content (AvgIpc) is 2.66. The lowest BCUT2D eigenvalue weighted by atomic mass is 10.0. The maximum atomic E-state index is 12.3. The van der Waals surface area contributed by atoms with Gasteiger partial charge in [-0.25, -0.2) is 13.1 Å². The molecule has 0 aliphatic carbocycles. The smallest absolute Gasteiger partial charge is 0.240 e. The van der Waals surface area contributed by atoms with Crippen LogP contribution in [-0.2, 0) is 16.4 Å². The molecule has 6 nitrogen and oxygen atoms in total. The highest BCUT2D eigenvalue weighted by molar-refractivity contribution is 7.89. The number of aliphatic hydroxyl groups excluding tert-OH is 2. The van der Waals surface area contributed by atoms with Gasteiger partial charge in [-0.3, -0.25) is 0 Å². The number of hydrogen-bond donors (Lipinski definition) is 3. The highest BCUT2D eigenvalue weighted by Gasteiger charge is 2.13. The second kappa shape index (κ2) is 9.68. The summed E-state index contributed by atoms with van der Waals surface area (Å²) in [6, 6.07) is 13.6. The Morgan fingerprint density at radius 3 is 2.31 bits per heavy atom. The predicted octanol–water partition coefficient (Wildman–Crippen LogP) is 2.02. The zero-order valence-electron chi connectivity index (χ0n) is 14.8. The van der Waals surface area contributed by atoms with E-state index in [2.05, 4.69) is 4.72 Å². The lowest BCUT2D eigenvalue weighted by molar-refractivity contribution is 0.152. The number of sulfonamides is 1. The first-order valence-corrected chi connectivity index (χ1v) is 9.96. The first kappa shape index (κ1) is 20.4. The van der Waals surface area contributed by atoms with E-state index in [0.29, 0.717) is 25.0 Å². The van der Waals surface area contributed by atoms with E-state index in [1.54, 1.807) is 12.1 Å². The number of ether oxygens (including phenoxy) is 1. The Balaban J connectivity index is 1.88. The van der Waals surface area contributed by atoms with Gasteiger partial charge in [-0.1, -0.05) is 24.3 Å². The summed E-state index contributed by atoms with van der Waals surface area (Å²) in [5.41, 5.74) is 1.77. The van der Waals surface area contributed by atoms with Crippen LogP contribution >= 0.6 is 0 Å². The van der Waals surface area contributed by atoms with E-state index in [4.69, 9.17) is 9.84 Å². The Hall–Kier alpha value is -1.93. The van der Waals surface area contributed by atoms with Crippen molar-refractivity contribution in [2.45, 2.75) is 30.3 Å². The van der Waals surface area contributed by atoms with Crippen molar-refractivity contribution < 1.29 is 23.4 Å². The standard InChI is InChI=1S/C19H25NO5S/c1-25-17-8-10-18(11-9-17)26(23,24)20-13-12-15-4-6-16(7-5-15)19(22)3-2-14-21/h4-11,19-22H,2-3,12-14H2,1H3. The van der Waals surface area contributed by atoms with Gasteiger partial charge < -0.3 is 14.9 Å². The summed E-state index contributed by atoms with van der Waals surface area (Å²) < 4.78 is 32.1. The molecule has 2 aromatic carbocycles. The SMILES string of the molecule is COc1ccc(S(=O)(=O)NCCc2ccc(C(O)CCCO)cc2)cc1. The Kier molecular flexibility index (Phi) is 7.59. The van der Waals surface area contributed by atoms with Crippen LogP contribution in [0.3, 0.4) is 0 Å². The second-order valence-electron chi connectivity index (χ2n) is 5.95. The minimum absolute atomic E-state index is 0.0590. The molecule has 0 heterocycles. The Labute approximate surface area is 154 Å². The quantitative estimate of drug-likeness (QED) is 0.587. The van der Waals surface area contributed by atoms with Gasteiger partial charge in [-0.15, -0.1) is 0 Å². The zero-order valence-corrected chi connectivity index (χ0v) is 15.6. The molecule has 2 rings (SSSR count). The van der Waals surface area contributed by atoms with Crippen LogP contribution in [0.25, 0.3) is 0 Å². The predicted molar refractivity (Wildman–Crippen MR) is 99.6 cm³/mol. The first-order chi connectivity index (χ1) is 12.5. The van der Waals surface area contributed by atoms with Gasteiger partial charge in [0.25, 0.3) is 0 Å². The molecule has 0 aromatic heterocycles. The fraction of sp³-hybridized carbons (Fsp3) is 0.368. The van der Waals surface area contributed by atoms with Gasteiger partial charge in [-0.2, -0.15) is 0 Å². The van der Waals surface area contributed by atoms with Crippen LogP contribution in [0.1, 0.15) is 30.1 Å². The van der Waals surface area contributed by atoms with Crippen LogP contribution in [-0.4, -0.2) is 38.9 Å². The molecule has 0 saturated carbocycles. The van der Waals surface area contributed by atoms with Crippen LogP contribution in [0.5, 0.6) is 5.75 Å². The molecule has 2 aromatic rings. The third-order valence-corrected chi connectivity index (χ3v) is 5.55. The van der Waals surface area contributed by atoms with Gasteiger partial charge in [0, 0.05) is 13.2 Å². The Morgan fingerprint density at radius 1 is 1.08 bits per heavy atom. The third-order valence-electron chi connectivity index (χ3n) is 4.08. The zero-order chi connectivity index (χ0) is 19.0. The molecule has 1 atom stereocenters. The molecule has 0 radical (unpaired) electrons. The van der Waals surface area contributed by atoms with Crippen molar-refractivity contribution in [1.82, 2.24) is 4.72 Å². The topological polar surface area (TPSA) is 95.9 Å². The fourth-order valence-electron chi connectivity index (χ4n) is 2.53. The summed E-state index contributed by atoms with van der Waals surface area (Å²) in [5, 5.41) is 18.8. The molecule has 0 spiro atoms. The van der Waals surface area contributed by atoms with E-state index < -0.39 is 16.1 Å². The number of nitrogens with one attached hydrogen (secondary N) is 1. The number of rotatable bonds is 10. The van der Waals surface area contributed by atoms with E-state index in [1.165, 1.54) is 19.2 Å². The largest absolute Gasteiger partial charge is 0.497 e. The molecule has 0 bridgehead atoms. The minimum atomic E-state index is -3.56. The van der Waals surface area contributed by atoms with E-state index in [1.807, 2.05) is 24.3 Å². The highest BCUT2D eigenvalue weighted by Crippen LogP contribution is 2.19. The van der Waals surface area contributed by atoms with Crippen molar-refractivity contribution in [3.05, 3.63) is 59.7 Å². The molecule has 7 heteroatoms. The van der Waals surface area contributed by atoms with E-state index in [9.17, 15) is 13.5 Å². The van der Waals surface area contributed by atoms with E-state index in [0.717, 1.165) is 11.1 Å². The number of hydrogen-bond acceptors (Lipinski definition) is 5. The molecular weight excluding hydrogens is 354 g/mol. The Bertz CT molecular complexity index is 773. The van der Waals surface area contributed by atoms with Gasteiger partial charge >= 0.3 is 0 Å². The molecule has 0 aliphatic rings. The van der Waals surface area contributed by atoms with Crippen molar-refractivity contribution in [2.24, 2.45) is 0 Å². The second-order valence-corrected chi connectivity index (χ2v) is 7.71. The van der Waals surface area contributed by atoms with Crippen LogP contribution in [0.2, 0.25) is 0 Å². The van der Waals surface area contributed by atoms with Crippen LogP contribution < -0.4 is 9.46 Å². The van der Waals surface area contributed by atoms with Crippen molar-refractivity contribution >= 4 is 10.0 Å². The maximum Gasteiger partial charge on any atom is 0.240 e. The van der Waals surface area contributed by atoms with Gasteiger partial charge in [-0.05, 0) is 54.7 Å². The third kappa shape index (κ3) is 5.81. The van der Waals surface area contributed by atoms with Gasteiger partial charge in [0.15, 0.2) is 0 Å². The lowest BCUT2D eigenvalue weighted by Gasteiger charge is -2.11. The molecular formula is C19H25NO5S. The van der Waals surface area contributed by atoms with Crippen LogP contribution in [0.4, 0.5) is 0 Å². The molecule has 0 aliphatic heterocycles. The summed E-state index contributed by atoms with van der Waals surface area (Å²) >= 11 is 0. The molecule has 3 N–H and O–H groups in total. The first-order valence-electron chi connectivity index (χ1n) is 8.48. The summed E-state index contributed by atoms with van der Waals surface area (Å²) in [5.74, 6) is 0.602. The summed E-state index contributed by atoms with van der Waals surface area (Å²) in [7, 11) is -2.03. The number of benzene rings is 2. The van der Waals surface area contributed by atoms with Crippen molar-refractivity contribution in [1.29, 1.82) is 0 Å². The molecule has 0 fully saturated rings. The highest BCUT2D eigenvalue weighted by atomic mass is 32.2. The van der Waals surface area contributed by atoms with Crippen LogP contribution in [0, 0.1) is 0 Å². The van der Waals surface area contributed by atoms with Crippen LogP contribution in [0.15, 0.2) is 53.4 Å². The monoisotopic (exact) mass is 379 g/mol. The van der Waals surface area contributed by atoms with Crippen molar-refractivity contribution in [3.8, 4) is 5.75 Å². The normalized spacial score (nSPS) is 12.7. The molecule has 0 amide bonds. The van der Waals surface area contributed by atoms with E-state index in [-0.39, 0.29) is 18.0 Å². The van der Waals surface area contributed by atoms with Gasteiger partial charge in [0.2, 0.25) is 10.0 Å². The number of aliphatic hydroxyl groups is 2. The molecule has 142 valence electrons. The average molecular weight is 379 g/mol.